The fourth-order valence-electron chi connectivity index (χ4n) is 1.57. The van der Waals surface area contributed by atoms with Gasteiger partial charge in [0.1, 0.15) is 5.60 Å². The van der Waals surface area contributed by atoms with Crippen molar-refractivity contribution in [2.24, 2.45) is 0 Å². The van der Waals surface area contributed by atoms with Crippen LogP contribution in [-0.4, -0.2) is 41.9 Å². The van der Waals surface area contributed by atoms with E-state index in [-0.39, 0.29) is 16.7 Å². The van der Waals surface area contributed by atoms with Crippen molar-refractivity contribution in [3.63, 3.8) is 0 Å². The van der Waals surface area contributed by atoms with Gasteiger partial charge in [0.25, 0.3) is 0 Å². The molecule has 0 fully saturated rings. The Bertz CT molecular complexity index is 538. The SMILES string of the molecule is COC(=O)c1ccc(NC(=O)OC(C)(C)C)cc1B(O)O. The first-order chi connectivity index (χ1) is 9.64. The summed E-state index contributed by atoms with van der Waals surface area (Å²) in [6, 6.07) is 4.02. The van der Waals surface area contributed by atoms with Crippen LogP contribution in [0.15, 0.2) is 18.2 Å². The topological polar surface area (TPSA) is 105 Å². The lowest BCUT2D eigenvalue weighted by atomic mass is 9.76. The third-order valence-corrected chi connectivity index (χ3v) is 2.38. The van der Waals surface area contributed by atoms with Gasteiger partial charge in [-0.25, -0.2) is 9.59 Å². The molecule has 1 aromatic carbocycles. The van der Waals surface area contributed by atoms with E-state index < -0.39 is 24.8 Å². The van der Waals surface area contributed by atoms with Crippen LogP contribution in [0, 0.1) is 0 Å². The summed E-state index contributed by atoms with van der Waals surface area (Å²) in [7, 11) is -0.692. The predicted octanol–water partition coefficient (Wildman–Crippen LogP) is 0.500. The van der Waals surface area contributed by atoms with Gasteiger partial charge in [-0.3, -0.25) is 5.32 Å². The lowest BCUT2D eigenvalue weighted by molar-refractivity contribution is 0.0600. The summed E-state index contributed by atoms with van der Waals surface area (Å²) in [6.07, 6.45) is -0.688. The number of benzene rings is 1. The largest absolute Gasteiger partial charge is 0.489 e. The fraction of sp³-hybridized carbons (Fsp3) is 0.385. The van der Waals surface area contributed by atoms with Crippen LogP contribution in [0.25, 0.3) is 0 Å². The Kier molecular flexibility index (Phi) is 5.34. The van der Waals surface area contributed by atoms with Gasteiger partial charge in [-0.05, 0) is 44.4 Å². The van der Waals surface area contributed by atoms with E-state index in [2.05, 4.69) is 10.1 Å². The van der Waals surface area contributed by atoms with Crippen molar-refractivity contribution in [3.05, 3.63) is 23.8 Å². The Hall–Kier alpha value is -2.06. The summed E-state index contributed by atoms with van der Waals surface area (Å²) in [6.45, 7) is 5.15. The zero-order chi connectivity index (χ0) is 16.2. The molecule has 0 bridgehead atoms. The van der Waals surface area contributed by atoms with Crippen LogP contribution in [0.3, 0.4) is 0 Å². The smallest absolute Gasteiger partial charge is 0.465 e. The first-order valence-electron chi connectivity index (χ1n) is 6.22. The molecule has 0 unspecified atom stereocenters. The maximum atomic E-state index is 11.6. The molecule has 0 spiro atoms. The van der Waals surface area contributed by atoms with Crippen molar-refractivity contribution < 1.29 is 29.1 Å². The van der Waals surface area contributed by atoms with E-state index in [1.807, 2.05) is 0 Å². The van der Waals surface area contributed by atoms with E-state index in [1.54, 1.807) is 20.8 Å². The third kappa shape index (κ3) is 5.09. The molecule has 0 aliphatic rings. The Morgan fingerprint density at radius 3 is 2.33 bits per heavy atom. The van der Waals surface area contributed by atoms with Gasteiger partial charge in [0.05, 0.1) is 12.7 Å². The minimum Gasteiger partial charge on any atom is -0.465 e. The lowest BCUT2D eigenvalue weighted by Crippen LogP contribution is -2.35. The highest BCUT2D eigenvalue weighted by atomic mass is 16.6. The van der Waals surface area contributed by atoms with E-state index in [4.69, 9.17) is 4.74 Å². The third-order valence-electron chi connectivity index (χ3n) is 2.38. The van der Waals surface area contributed by atoms with Gasteiger partial charge < -0.3 is 19.5 Å². The number of ether oxygens (including phenoxy) is 2. The van der Waals surface area contributed by atoms with Crippen molar-refractivity contribution in [2.75, 3.05) is 12.4 Å². The normalized spacial score (nSPS) is 10.8. The van der Waals surface area contributed by atoms with Gasteiger partial charge >= 0.3 is 19.2 Å². The molecule has 0 saturated heterocycles. The molecule has 3 N–H and O–H groups in total. The van der Waals surface area contributed by atoms with Crippen LogP contribution in [0.1, 0.15) is 31.1 Å². The molecule has 0 aromatic heterocycles. The Morgan fingerprint density at radius 1 is 1.24 bits per heavy atom. The fourth-order valence-corrected chi connectivity index (χ4v) is 1.57. The molecule has 1 aromatic rings. The van der Waals surface area contributed by atoms with Crippen LogP contribution in [-0.2, 0) is 9.47 Å². The number of methoxy groups -OCH3 is 1. The minimum atomic E-state index is -1.88. The van der Waals surface area contributed by atoms with Crippen LogP contribution < -0.4 is 10.8 Å². The highest BCUT2D eigenvalue weighted by molar-refractivity contribution is 6.60. The molecule has 8 heteroatoms. The molecule has 1 amide bonds. The number of carbonyl (C=O) groups is 2. The molecule has 0 aliphatic carbocycles. The quantitative estimate of drug-likeness (QED) is 0.554. The highest BCUT2D eigenvalue weighted by Crippen LogP contribution is 2.12. The monoisotopic (exact) mass is 295 g/mol. The van der Waals surface area contributed by atoms with Gasteiger partial charge in [-0.1, -0.05) is 0 Å². The molecule has 0 aliphatic heterocycles. The molecule has 21 heavy (non-hydrogen) atoms. The number of carbonyl (C=O) groups excluding carboxylic acids is 2. The van der Waals surface area contributed by atoms with Crippen LogP contribution >= 0.6 is 0 Å². The Morgan fingerprint density at radius 2 is 1.86 bits per heavy atom. The summed E-state index contributed by atoms with van der Waals surface area (Å²) >= 11 is 0. The summed E-state index contributed by atoms with van der Waals surface area (Å²) in [5.41, 5.74) is -0.465. The van der Waals surface area contributed by atoms with Crippen molar-refractivity contribution in [1.29, 1.82) is 0 Å². The maximum Gasteiger partial charge on any atom is 0.489 e. The molecule has 0 radical (unpaired) electrons. The van der Waals surface area contributed by atoms with Crippen molar-refractivity contribution in [1.82, 2.24) is 0 Å². The minimum absolute atomic E-state index is 0.00207. The predicted molar refractivity (Wildman–Crippen MR) is 77.5 cm³/mol. The molecular formula is C13H18BNO6. The Balaban J connectivity index is 2.99. The summed E-state index contributed by atoms with van der Waals surface area (Å²) in [5.74, 6) is -0.707. The van der Waals surface area contributed by atoms with Gasteiger partial charge in [0.15, 0.2) is 0 Å². The summed E-state index contributed by atoms with van der Waals surface area (Å²) in [4.78, 5) is 23.1. The van der Waals surface area contributed by atoms with Gasteiger partial charge in [0.2, 0.25) is 0 Å². The van der Waals surface area contributed by atoms with Crippen LogP contribution in [0.2, 0.25) is 0 Å². The van der Waals surface area contributed by atoms with Crippen LogP contribution in [0.5, 0.6) is 0 Å². The number of amides is 1. The average molecular weight is 295 g/mol. The first kappa shape index (κ1) is 17.0. The second-order valence-electron chi connectivity index (χ2n) is 5.29. The molecule has 0 saturated carbocycles. The molecule has 0 atom stereocenters. The summed E-state index contributed by atoms with van der Waals surface area (Å²) in [5, 5.41) is 21.0. The van der Waals surface area contributed by atoms with Crippen LogP contribution in [0.4, 0.5) is 10.5 Å². The van der Waals surface area contributed by atoms with Gasteiger partial charge in [-0.2, -0.15) is 0 Å². The van der Waals surface area contributed by atoms with Crippen molar-refractivity contribution in [3.8, 4) is 0 Å². The molecular weight excluding hydrogens is 277 g/mol. The van der Waals surface area contributed by atoms with E-state index in [1.165, 1.54) is 25.3 Å². The second kappa shape index (κ2) is 6.60. The van der Waals surface area contributed by atoms with E-state index in [9.17, 15) is 19.6 Å². The molecule has 7 nitrogen and oxygen atoms in total. The number of rotatable bonds is 3. The van der Waals surface area contributed by atoms with Gasteiger partial charge in [-0.15, -0.1) is 0 Å². The summed E-state index contributed by atoms with van der Waals surface area (Å²) < 4.78 is 9.61. The zero-order valence-electron chi connectivity index (χ0n) is 12.3. The number of hydrogen-bond acceptors (Lipinski definition) is 6. The number of anilines is 1. The van der Waals surface area contributed by atoms with E-state index in [0.717, 1.165) is 0 Å². The Labute approximate surface area is 123 Å². The van der Waals surface area contributed by atoms with E-state index in [0.29, 0.717) is 0 Å². The molecule has 114 valence electrons. The number of hydrogen-bond donors (Lipinski definition) is 3. The maximum absolute atomic E-state index is 11.6. The second-order valence-corrected chi connectivity index (χ2v) is 5.29. The highest BCUT2D eigenvalue weighted by Gasteiger charge is 2.22. The van der Waals surface area contributed by atoms with Gasteiger partial charge in [0, 0.05) is 5.69 Å². The molecule has 1 rings (SSSR count). The standard InChI is InChI=1S/C13H18BNO6/c1-13(2,3)21-12(17)15-8-5-6-9(11(16)20-4)10(7-8)14(18)19/h5-7,18-19H,1-4H3,(H,15,17). The van der Waals surface area contributed by atoms with Crippen molar-refractivity contribution >= 4 is 30.3 Å². The number of esters is 1. The van der Waals surface area contributed by atoms with E-state index >= 15 is 0 Å². The van der Waals surface area contributed by atoms with Crippen molar-refractivity contribution in [2.45, 2.75) is 26.4 Å². The lowest BCUT2D eigenvalue weighted by Gasteiger charge is -2.20. The molecule has 0 heterocycles. The average Bonchev–Trinajstić information content (AvgIpc) is 2.35. The first-order valence-corrected chi connectivity index (χ1v) is 6.22. The zero-order valence-corrected chi connectivity index (χ0v) is 12.3. The number of nitrogens with one attached hydrogen (secondary N) is 1.